The van der Waals surface area contributed by atoms with E-state index in [0.29, 0.717) is 43.2 Å². The van der Waals surface area contributed by atoms with Gasteiger partial charge in [0, 0.05) is 43.2 Å². The third kappa shape index (κ3) is 5.73. The van der Waals surface area contributed by atoms with Gasteiger partial charge in [-0.1, -0.05) is 5.92 Å². The zero-order chi connectivity index (χ0) is 24.8. The molecule has 9 heteroatoms. The molecule has 182 valence electrons. The predicted molar refractivity (Wildman–Crippen MR) is 134 cm³/mol. The number of terminal acetylenes is 1. The lowest BCUT2D eigenvalue weighted by atomic mass is 10.2. The first-order chi connectivity index (χ1) is 17.0. The molecule has 2 heterocycles. The number of fused-ring (bicyclic) bond motifs is 1. The molecule has 0 radical (unpaired) electrons. The van der Waals surface area contributed by atoms with Gasteiger partial charge in [-0.25, -0.2) is 15.0 Å². The maximum atomic E-state index is 12.7. The minimum Gasteiger partial charge on any atom is -0.493 e. The molecule has 1 saturated heterocycles. The van der Waals surface area contributed by atoms with Crippen LogP contribution in [0.2, 0.25) is 0 Å². The first kappa shape index (κ1) is 24.1. The molecule has 4 rings (SSSR count). The van der Waals surface area contributed by atoms with Crippen LogP contribution in [-0.2, 0) is 0 Å². The number of carbonyl (C=O) groups is 1. The lowest BCUT2D eigenvalue weighted by Gasteiger charge is -2.35. The highest BCUT2D eigenvalue weighted by Gasteiger charge is 2.22. The molecular weight excluding hydrogens is 446 g/mol. The number of ether oxygens (including phenoxy) is 3. The number of anilines is 1. The quantitative estimate of drug-likeness (QED) is 0.498. The number of hydrazine groups is 1. The molecular formula is C26H29N5O4. The van der Waals surface area contributed by atoms with E-state index in [2.05, 4.69) is 26.2 Å². The number of benzene rings is 2. The highest BCUT2D eigenvalue weighted by Crippen LogP contribution is 2.35. The highest BCUT2D eigenvalue weighted by molar-refractivity contribution is 5.94. The summed E-state index contributed by atoms with van der Waals surface area (Å²) in [5.74, 6) is 4.97. The lowest BCUT2D eigenvalue weighted by molar-refractivity contribution is 0.0777. The van der Waals surface area contributed by atoms with Gasteiger partial charge in [0.25, 0.3) is 5.91 Å². The minimum atomic E-state index is -0.147. The number of piperazine rings is 1. The number of hydrogen-bond acceptors (Lipinski definition) is 8. The van der Waals surface area contributed by atoms with E-state index in [0.717, 1.165) is 22.5 Å². The molecule has 9 nitrogen and oxygen atoms in total. The van der Waals surface area contributed by atoms with Crippen LogP contribution < -0.4 is 24.5 Å². The van der Waals surface area contributed by atoms with Crippen LogP contribution in [0.3, 0.4) is 0 Å². The SMILES string of the molecule is C#CCOc1cc2ncnc(N3CCN(NC(=O)c4ccc(OC(C)C)cc4)CC3)c2cc1OC. The molecule has 1 aliphatic heterocycles. The Bertz CT molecular complexity index is 1210. The third-order valence-corrected chi connectivity index (χ3v) is 5.54. The second-order valence-corrected chi connectivity index (χ2v) is 8.32. The van der Waals surface area contributed by atoms with Gasteiger partial charge in [0.15, 0.2) is 11.5 Å². The van der Waals surface area contributed by atoms with Gasteiger partial charge in [-0.3, -0.25) is 10.2 Å². The number of nitrogens with zero attached hydrogens (tertiary/aromatic N) is 4. The number of methoxy groups -OCH3 is 1. The number of rotatable bonds is 8. The van der Waals surface area contributed by atoms with E-state index in [1.165, 1.54) is 6.33 Å². The standard InChI is InChI=1S/C26H29N5O4/c1-5-14-34-24-16-22-21(15-23(24)33-4)25(28-17-27-22)30-10-12-31(13-11-30)29-26(32)19-6-8-20(9-7-19)35-18(2)3/h1,6-9,15-18H,10-14H2,2-4H3,(H,29,32). The third-order valence-electron chi connectivity index (χ3n) is 5.54. The second kappa shape index (κ2) is 10.9. The number of nitrogens with one attached hydrogen (secondary N) is 1. The molecule has 1 aliphatic rings. The summed E-state index contributed by atoms with van der Waals surface area (Å²) in [7, 11) is 1.58. The summed E-state index contributed by atoms with van der Waals surface area (Å²) in [6, 6.07) is 10.8. The van der Waals surface area contributed by atoms with Crippen molar-refractivity contribution in [3.8, 4) is 29.6 Å². The highest BCUT2D eigenvalue weighted by atomic mass is 16.5. The average Bonchev–Trinajstić information content (AvgIpc) is 2.87. The Balaban J connectivity index is 1.41. The van der Waals surface area contributed by atoms with Gasteiger partial charge in [0.05, 0.1) is 18.7 Å². The summed E-state index contributed by atoms with van der Waals surface area (Å²) in [5.41, 5.74) is 4.31. The van der Waals surface area contributed by atoms with Crippen LogP contribution in [0, 0.1) is 12.3 Å². The maximum Gasteiger partial charge on any atom is 0.265 e. The van der Waals surface area contributed by atoms with Crippen molar-refractivity contribution in [2.24, 2.45) is 0 Å². The largest absolute Gasteiger partial charge is 0.493 e. The first-order valence-electron chi connectivity index (χ1n) is 11.4. The molecule has 0 atom stereocenters. The molecule has 0 saturated carbocycles. The lowest BCUT2D eigenvalue weighted by Crippen LogP contribution is -2.53. The first-order valence-corrected chi connectivity index (χ1v) is 11.4. The Labute approximate surface area is 205 Å². The summed E-state index contributed by atoms with van der Waals surface area (Å²) in [6.45, 7) is 6.74. The summed E-state index contributed by atoms with van der Waals surface area (Å²) < 4.78 is 16.7. The molecule has 2 aromatic carbocycles. The van der Waals surface area contributed by atoms with E-state index < -0.39 is 0 Å². The fourth-order valence-electron chi connectivity index (χ4n) is 3.89. The Kier molecular flexibility index (Phi) is 7.53. The zero-order valence-corrected chi connectivity index (χ0v) is 20.2. The molecule has 35 heavy (non-hydrogen) atoms. The Morgan fingerprint density at radius 1 is 1.11 bits per heavy atom. The monoisotopic (exact) mass is 475 g/mol. The van der Waals surface area contributed by atoms with Gasteiger partial charge in [-0.05, 0) is 44.2 Å². The maximum absolute atomic E-state index is 12.7. The number of aromatic nitrogens is 2. The fraction of sp³-hybridized carbons (Fsp3) is 0.346. The Morgan fingerprint density at radius 2 is 1.86 bits per heavy atom. The molecule has 0 spiro atoms. The summed E-state index contributed by atoms with van der Waals surface area (Å²) in [6.07, 6.45) is 6.94. The molecule has 1 aromatic heterocycles. The topological polar surface area (TPSA) is 89.1 Å². The van der Waals surface area contributed by atoms with E-state index >= 15 is 0 Å². The molecule has 0 unspecified atom stereocenters. The van der Waals surface area contributed by atoms with E-state index in [9.17, 15) is 4.79 Å². The van der Waals surface area contributed by atoms with E-state index in [1.54, 1.807) is 19.2 Å². The van der Waals surface area contributed by atoms with Crippen molar-refractivity contribution in [1.82, 2.24) is 20.4 Å². The van der Waals surface area contributed by atoms with Crippen molar-refractivity contribution < 1.29 is 19.0 Å². The molecule has 1 N–H and O–H groups in total. The Morgan fingerprint density at radius 3 is 2.51 bits per heavy atom. The van der Waals surface area contributed by atoms with E-state index in [-0.39, 0.29) is 18.6 Å². The van der Waals surface area contributed by atoms with Crippen molar-refractivity contribution in [3.63, 3.8) is 0 Å². The molecule has 3 aromatic rings. The van der Waals surface area contributed by atoms with Crippen LogP contribution in [0.4, 0.5) is 5.82 Å². The van der Waals surface area contributed by atoms with Gasteiger partial charge in [0.1, 0.15) is 24.5 Å². The number of carbonyl (C=O) groups excluding carboxylic acids is 1. The van der Waals surface area contributed by atoms with Crippen molar-refractivity contribution in [3.05, 3.63) is 48.3 Å². The van der Waals surface area contributed by atoms with E-state index in [1.807, 2.05) is 43.1 Å². The predicted octanol–water partition coefficient (Wildman–Crippen LogP) is 2.90. The van der Waals surface area contributed by atoms with Crippen molar-refractivity contribution in [1.29, 1.82) is 0 Å². The molecule has 1 amide bonds. The van der Waals surface area contributed by atoms with Gasteiger partial charge < -0.3 is 19.1 Å². The fourth-order valence-corrected chi connectivity index (χ4v) is 3.89. The van der Waals surface area contributed by atoms with Gasteiger partial charge in [0.2, 0.25) is 0 Å². The summed E-state index contributed by atoms with van der Waals surface area (Å²) in [4.78, 5) is 23.8. The second-order valence-electron chi connectivity index (χ2n) is 8.32. The van der Waals surface area contributed by atoms with Gasteiger partial charge in [-0.15, -0.1) is 6.42 Å². The van der Waals surface area contributed by atoms with Crippen LogP contribution in [0.5, 0.6) is 17.2 Å². The average molecular weight is 476 g/mol. The summed E-state index contributed by atoms with van der Waals surface area (Å²) in [5, 5.41) is 2.78. The van der Waals surface area contributed by atoms with Crippen molar-refractivity contribution >= 4 is 22.6 Å². The van der Waals surface area contributed by atoms with Gasteiger partial charge in [-0.2, -0.15) is 0 Å². The molecule has 0 aliphatic carbocycles. The normalized spacial score (nSPS) is 14.0. The molecule has 1 fully saturated rings. The zero-order valence-electron chi connectivity index (χ0n) is 20.2. The molecule has 0 bridgehead atoms. The van der Waals surface area contributed by atoms with Crippen LogP contribution >= 0.6 is 0 Å². The van der Waals surface area contributed by atoms with Crippen LogP contribution in [0.25, 0.3) is 10.9 Å². The smallest absolute Gasteiger partial charge is 0.265 e. The van der Waals surface area contributed by atoms with Crippen molar-refractivity contribution in [2.75, 3.05) is 44.8 Å². The minimum absolute atomic E-state index is 0.0860. The number of hydrogen-bond donors (Lipinski definition) is 1. The summed E-state index contributed by atoms with van der Waals surface area (Å²) >= 11 is 0. The number of amides is 1. The van der Waals surface area contributed by atoms with Crippen molar-refractivity contribution in [2.45, 2.75) is 20.0 Å². The van der Waals surface area contributed by atoms with E-state index in [4.69, 9.17) is 20.6 Å². The van der Waals surface area contributed by atoms with Gasteiger partial charge >= 0.3 is 0 Å². The Hall–Kier alpha value is -4.03. The van der Waals surface area contributed by atoms with Crippen LogP contribution in [0.15, 0.2) is 42.7 Å². The van der Waals surface area contributed by atoms with Crippen LogP contribution in [0.1, 0.15) is 24.2 Å². The van der Waals surface area contributed by atoms with Crippen LogP contribution in [-0.4, -0.2) is 66.9 Å².